The lowest BCUT2D eigenvalue weighted by atomic mass is 9.84. The highest BCUT2D eigenvalue weighted by Crippen LogP contribution is 2.24. The molecular weight excluding hydrogens is 254 g/mol. The molecule has 1 aromatic carbocycles. The summed E-state index contributed by atoms with van der Waals surface area (Å²) in [7, 11) is 2.12. The number of nitrogens with one attached hydrogen (secondary N) is 1. The summed E-state index contributed by atoms with van der Waals surface area (Å²) in [5.41, 5.74) is 3.12. The van der Waals surface area contributed by atoms with Crippen LogP contribution in [0.25, 0.3) is 0 Å². The lowest BCUT2D eigenvalue weighted by molar-refractivity contribution is 0.322. The van der Waals surface area contributed by atoms with E-state index in [1.807, 2.05) is 0 Å². The predicted octanol–water partition coefficient (Wildman–Crippen LogP) is 5.33. The van der Waals surface area contributed by atoms with E-state index in [2.05, 4.69) is 71.2 Å². The molecule has 1 N–H and O–H groups in total. The van der Waals surface area contributed by atoms with Crippen molar-refractivity contribution in [2.45, 2.75) is 78.2 Å². The molecule has 0 saturated carbocycles. The molecule has 1 unspecified atom stereocenters. The molecule has 0 aliphatic heterocycles. The second-order valence-electron chi connectivity index (χ2n) is 7.38. The van der Waals surface area contributed by atoms with Gasteiger partial charge in [0, 0.05) is 6.04 Å². The van der Waals surface area contributed by atoms with E-state index in [0.29, 0.717) is 6.04 Å². The fraction of sp³-hybridized carbons (Fsp3) is 0.700. The molecular formula is C20H35N. The topological polar surface area (TPSA) is 12.0 Å². The average molecular weight is 290 g/mol. The smallest absolute Gasteiger partial charge is 0.0133 e. The highest BCUT2D eigenvalue weighted by atomic mass is 14.9. The predicted molar refractivity (Wildman–Crippen MR) is 95.0 cm³/mol. The number of hydrogen-bond acceptors (Lipinski definition) is 1. The molecule has 0 bridgehead atoms. The Morgan fingerprint density at radius 2 is 1.48 bits per heavy atom. The maximum absolute atomic E-state index is 3.57. The van der Waals surface area contributed by atoms with Crippen molar-refractivity contribution in [2.75, 3.05) is 7.05 Å². The Morgan fingerprint density at radius 3 is 1.86 bits per heavy atom. The zero-order valence-corrected chi connectivity index (χ0v) is 15.0. The zero-order valence-electron chi connectivity index (χ0n) is 15.0. The summed E-state index contributed by atoms with van der Waals surface area (Å²) in [6.07, 6.45) is 6.38. The van der Waals surface area contributed by atoms with E-state index in [1.165, 1.54) is 36.8 Å². The van der Waals surface area contributed by atoms with E-state index < -0.39 is 0 Å². The van der Waals surface area contributed by atoms with E-state index in [9.17, 15) is 0 Å². The maximum atomic E-state index is 3.57. The molecule has 0 amide bonds. The Kier molecular flexibility index (Phi) is 7.45. The van der Waals surface area contributed by atoms with Gasteiger partial charge < -0.3 is 5.32 Å². The molecule has 120 valence electrons. The van der Waals surface area contributed by atoms with Crippen LogP contribution in [0.3, 0.4) is 0 Å². The first-order chi connectivity index (χ1) is 9.92. The van der Waals surface area contributed by atoms with Gasteiger partial charge in [-0.05, 0) is 48.8 Å². The minimum absolute atomic E-state index is 0.244. The van der Waals surface area contributed by atoms with Crippen LogP contribution in [0, 0.1) is 5.92 Å². The van der Waals surface area contributed by atoms with Crippen LogP contribution in [0.4, 0.5) is 0 Å². The molecule has 0 saturated heterocycles. The van der Waals surface area contributed by atoms with Gasteiger partial charge in [-0.25, -0.2) is 0 Å². The molecule has 1 rings (SSSR count). The Labute approximate surface area is 132 Å². The van der Waals surface area contributed by atoms with Crippen molar-refractivity contribution < 1.29 is 0 Å². The number of rotatable bonds is 8. The normalized spacial score (nSPS) is 13.7. The van der Waals surface area contributed by atoms with Gasteiger partial charge in [0.2, 0.25) is 0 Å². The third-order valence-corrected chi connectivity index (χ3v) is 4.53. The standard InChI is InChI=1S/C20H35N/c1-7-9-17(10-8-2)19(21-6)15-16-11-13-18(14-12-16)20(3,4)5/h11-14,17,19,21H,7-10,15H2,1-6H3. The summed E-state index contributed by atoms with van der Waals surface area (Å²) >= 11 is 0. The lowest BCUT2D eigenvalue weighted by Crippen LogP contribution is -2.35. The molecule has 1 aromatic rings. The SMILES string of the molecule is CCCC(CCC)C(Cc1ccc(C(C)(C)C)cc1)NC. The quantitative estimate of drug-likeness (QED) is 0.682. The van der Waals surface area contributed by atoms with Crippen molar-refractivity contribution >= 4 is 0 Å². The van der Waals surface area contributed by atoms with Crippen LogP contribution in [0.15, 0.2) is 24.3 Å². The highest BCUT2D eigenvalue weighted by Gasteiger charge is 2.19. The Hall–Kier alpha value is -0.820. The van der Waals surface area contributed by atoms with Gasteiger partial charge >= 0.3 is 0 Å². The van der Waals surface area contributed by atoms with Crippen LogP contribution < -0.4 is 5.32 Å². The molecule has 0 spiro atoms. The minimum Gasteiger partial charge on any atom is -0.316 e. The van der Waals surface area contributed by atoms with Crippen LogP contribution in [-0.4, -0.2) is 13.1 Å². The van der Waals surface area contributed by atoms with E-state index in [4.69, 9.17) is 0 Å². The van der Waals surface area contributed by atoms with Gasteiger partial charge in [0.25, 0.3) is 0 Å². The first kappa shape index (κ1) is 18.2. The monoisotopic (exact) mass is 289 g/mol. The van der Waals surface area contributed by atoms with E-state index in [1.54, 1.807) is 0 Å². The fourth-order valence-corrected chi connectivity index (χ4v) is 3.19. The van der Waals surface area contributed by atoms with E-state index >= 15 is 0 Å². The first-order valence-corrected chi connectivity index (χ1v) is 8.69. The summed E-state index contributed by atoms with van der Waals surface area (Å²) in [5, 5.41) is 3.57. The van der Waals surface area contributed by atoms with Gasteiger partial charge in [-0.1, -0.05) is 71.7 Å². The van der Waals surface area contributed by atoms with E-state index in [-0.39, 0.29) is 5.41 Å². The molecule has 0 aliphatic carbocycles. The molecule has 1 nitrogen and oxygen atoms in total. The van der Waals surface area contributed by atoms with Crippen molar-refractivity contribution in [3.05, 3.63) is 35.4 Å². The minimum atomic E-state index is 0.244. The summed E-state index contributed by atoms with van der Waals surface area (Å²) in [6, 6.07) is 9.85. The van der Waals surface area contributed by atoms with Crippen molar-refractivity contribution in [2.24, 2.45) is 5.92 Å². The largest absolute Gasteiger partial charge is 0.316 e. The fourth-order valence-electron chi connectivity index (χ4n) is 3.19. The van der Waals surface area contributed by atoms with Crippen LogP contribution in [0.2, 0.25) is 0 Å². The second-order valence-corrected chi connectivity index (χ2v) is 7.38. The number of hydrogen-bond donors (Lipinski definition) is 1. The van der Waals surface area contributed by atoms with Crippen molar-refractivity contribution in [1.29, 1.82) is 0 Å². The maximum Gasteiger partial charge on any atom is 0.0133 e. The van der Waals surface area contributed by atoms with Gasteiger partial charge in [0.05, 0.1) is 0 Å². The van der Waals surface area contributed by atoms with Gasteiger partial charge in [-0.15, -0.1) is 0 Å². The van der Waals surface area contributed by atoms with E-state index in [0.717, 1.165) is 12.3 Å². The summed E-state index contributed by atoms with van der Waals surface area (Å²) in [4.78, 5) is 0. The average Bonchev–Trinajstić information content (AvgIpc) is 2.44. The molecule has 0 aromatic heterocycles. The van der Waals surface area contributed by atoms with Gasteiger partial charge in [-0.3, -0.25) is 0 Å². The molecule has 0 heterocycles. The van der Waals surface area contributed by atoms with Crippen LogP contribution >= 0.6 is 0 Å². The lowest BCUT2D eigenvalue weighted by Gasteiger charge is -2.27. The Balaban J connectivity index is 2.76. The Morgan fingerprint density at radius 1 is 0.952 bits per heavy atom. The summed E-state index contributed by atoms with van der Waals surface area (Å²) in [6.45, 7) is 11.4. The molecule has 0 radical (unpaired) electrons. The van der Waals surface area contributed by atoms with Crippen LogP contribution in [0.5, 0.6) is 0 Å². The highest BCUT2D eigenvalue weighted by molar-refractivity contribution is 5.28. The summed E-state index contributed by atoms with van der Waals surface area (Å²) in [5.74, 6) is 0.798. The zero-order chi connectivity index (χ0) is 15.9. The number of likely N-dealkylation sites (N-methyl/N-ethyl adjacent to an activating group) is 1. The van der Waals surface area contributed by atoms with Crippen molar-refractivity contribution in [3.8, 4) is 0 Å². The molecule has 0 aliphatic rings. The first-order valence-electron chi connectivity index (χ1n) is 8.69. The third-order valence-electron chi connectivity index (χ3n) is 4.53. The van der Waals surface area contributed by atoms with Gasteiger partial charge in [0.15, 0.2) is 0 Å². The van der Waals surface area contributed by atoms with Gasteiger partial charge in [0.1, 0.15) is 0 Å². The number of benzene rings is 1. The molecule has 1 heteroatoms. The molecule has 1 atom stereocenters. The van der Waals surface area contributed by atoms with Crippen molar-refractivity contribution in [3.63, 3.8) is 0 Å². The molecule has 21 heavy (non-hydrogen) atoms. The second kappa shape index (κ2) is 8.58. The van der Waals surface area contributed by atoms with Crippen LogP contribution in [-0.2, 0) is 11.8 Å². The third kappa shape index (κ3) is 5.82. The molecule has 0 fully saturated rings. The van der Waals surface area contributed by atoms with Gasteiger partial charge in [-0.2, -0.15) is 0 Å². The Bertz CT molecular complexity index is 379. The summed E-state index contributed by atoms with van der Waals surface area (Å²) < 4.78 is 0. The van der Waals surface area contributed by atoms with Crippen LogP contribution in [0.1, 0.15) is 71.4 Å². The van der Waals surface area contributed by atoms with Crippen molar-refractivity contribution in [1.82, 2.24) is 5.32 Å².